The summed E-state index contributed by atoms with van der Waals surface area (Å²) in [6.45, 7) is 1.83. The number of carbonyl (C=O) groups is 1. The lowest BCUT2D eigenvalue weighted by Crippen LogP contribution is -2.35. The van der Waals surface area contributed by atoms with Crippen LogP contribution < -0.4 is 4.31 Å². The minimum absolute atomic E-state index is 0.0663. The first-order chi connectivity index (χ1) is 11.4. The smallest absolute Gasteiger partial charge is 0.426 e. The van der Waals surface area contributed by atoms with Gasteiger partial charge in [-0.05, 0) is 30.5 Å². The number of anilines is 1. The van der Waals surface area contributed by atoms with Crippen LogP contribution in [0.15, 0.2) is 71.6 Å². The highest BCUT2D eigenvalue weighted by atomic mass is 32.2. The Labute approximate surface area is 139 Å². The highest BCUT2D eigenvalue weighted by molar-refractivity contribution is 7.93. The van der Waals surface area contributed by atoms with Gasteiger partial charge in [-0.2, -0.15) is 4.31 Å². The predicted molar refractivity (Wildman–Crippen MR) is 92.8 cm³/mol. The van der Waals surface area contributed by atoms with Crippen LogP contribution in [0.4, 0.5) is 10.5 Å². The van der Waals surface area contributed by atoms with Crippen molar-refractivity contribution >= 4 is 32.6 Å². The Morgan fingerprint density at radius 1 is 0.917 bits per heavy atom. The average Bonchev–Trinajstić information content (AvgIpc) is 2.55. The zero-order valence-corrected chi connectivity index (χ0v) is 13.7. The van der Waals surface area contributed by atoms with Crippen molar-refractivity contribution in [3.8, 4) is 0 Å². The fourth-order valence-electron chi connectivity index (χ4n) is 2.54. The standard InChI is InChI=1S/C18H15NO4S/c1-13-9-11-15(12-10-13)24(22,23)19(18(20)21)17-8-4-6-14-5-2-3-7-16(14)17/h2-12H,1H3,(H,20,21). The van der Waals surface area contributed by atoms with Gasteiger partial charge in [-0.25, -0.2) is 13.2 Å². The van der Waals surface area contributed by atoms with E-state index in [1.165, 1.54) is 18.2 Å². The van der Waals surface area contributed by atoms with Gasteiger partial charge in [-0.3, -0.25) is 0 Å². The number of hydrogen-bond acceptors (Lipinski definition) is 3. The molecule has 0 saturated heterocycles. The number of fused-ring (bicyclic) bond motifs is 1. The minimum atomic E-state index is -4.23. The molecule has 0 bridgehead atoms. The van der Waals surface area contributed by atoms with Crippen molar-refractivity contribution in [1.82, 2.24) is 0 Å². The quantitative estimate of drug-likeness (QED) is 0.781. The first kappa shape index (κ1) is 16.0. The van der Waals surface area contributed by atoms with E-state index in [-0.39, 0.29) is 10.6 Å². The third-order valence-electron chi connectivity index (χ3n) is 3.72. The molecule has 0 radical (unpaired) electrons. The molecule has 3 aromatic carbocycles. The zero-order chi connectivity index (χ0) is 17.3. The van der Waals surface area contributed by atoms with Crippen LogP contribution in [-0.4, -0.2) is 19.6 Å². The van der Waals surface area contributed by atoms with Crippen molar-refractivity contribution in [1.29, 1.82) is 0 Å². The molecule has 6 heteroatoms. The number of sulfonamides is 1. The van der Waals surface area contributed by atoms with E-state index in [2.05, 4.69) is 0 Å². The number of benzene rings is 3. The lowest BCUT2D eigenvalue weighted by molar-refractivity contribution is 0.206. The molecule has 3 aromatic rings. The largest absolute Gasteiger partial charge is 0.464 e. The molecular weight excluding hydrogens is 326 g/mol. The van der Waals surface area contributed by atoms with Gasteiger partial charge in [0.1, 0.15) is 0 Å². The second kappa shape index (κ2) is 5.98. The number of rotatable bonds is 3. The van der Waals surface area contributed by atoms with E-state index < -0.39 is 16.1 Å². The van der Waals surface area contributed by atoms with Gasteiger partial charge in [-0.15, -0.1) is 0 Å². The van der Waals surface area contributed by atoms with Crippen LogP contribution in [0.3, 0.4) is 0 Å². The lowest BCUT2D eigenvalue weighted by atomic mass is 10.1. The van der Waals surface area contributed by atoms with E-state index >= 15 is 0 Å². The Kier molecular flexibility index (Phi) is 3.99. The predicted octanol–water partition coefficient (Wildman–Crippen LogP) is 4.02. The first-order valence-corrected chi connectivity index (χ1v) is 8.68. The molecule has 0 saturated carbocycles. The topological polar surface area (TPSA) is 74.7 Å². The summed E-state index contributed by atoms with van der Waals surface area (Å²) >= 11 is 0. The summed E-state index contributed by atoms with van der Waals surface area (Å²) in [6, 6.07) is 18.1. The molecule has 0 fully saturated rings. The molecule has 0 unspecified atom stereocenters. The third kappa shape index (κ3) is 2.72. The SMILES string of the molecule is Cc1ccc(S(=O)(=O)N(C(=O)O)c2cccc3ccccc23)cc1. The molecule has 1 amide bonds. The van der Waals surface area contributed by atoms with Crippen LogP contribution in [-0.2, 0) is 10.0 Å². The summed E-state index contributed by atoms with van der Waals surface area (Å²) in [5, 5.41) is 10.9. The molecule has 0 spiro atoms. The second-order valence-corrected chi connectivity index (χ2v) is 7.15. The van der Waals surface area contributed by atoms with E-state index in [1.807, 2.05) is 13.0 Å². The van der Waals surface area contributed by atoms with Gasteiger partial charge in [0.2, 0.25) is 0 Å². The van der Waals surface area contributed by atoms with Crippen LogP contribution >= 0.6 is 0 Å². The molecule has 0 aliphatic rings. The fourth-order valence-corrected chi connectivity index (χ4v) is 3.85. The van der Waals surface area contributed by atoms with Crippen molar-refractivity contribution in [2.45, 2.75) is 11.8 Å². The average molecular weight is 341 g/mol. The van der Waals surface area contributed by atoms with Gasteiger partial charge in [0.25, 0.3) is 10.0 Å². The summed E-state index contributed by atoms with van der Waals surface area (Å²) < 4.78 is 26.2. The van der Waals surface area contributed by atoms with E-state index in [1.54, 1.807) is 42.5 Å². The Morgan fingerprint density at radius 2 is 1.54 bits per heavy atom. The van der Waals surface area contributed by atoms with Gasteiger partial charge in [0, 0.05) is 5.39 Å². The first-order valence-electron chi connectivity index (χ1n) is 7.24. The third-order valence-corrected chi connectivity index (χ3v) is 5.42. The van der Waals surface area contributed by atoms with Crippen molar-refractivity contribution < 1.29 is 18.3 Å². The van der Waals surface area contributed by atoms with Crippen LogP contribution in [0.5, 0.6) is 0 Å². The monoisotopic (exact) mass is 341 g/mol. The molecule has 24 heavy (non-hydrogen) atoms. The van der Waals surface area contributed by atoms with Gasteiger partial charge >= 0.3 is 6.09 Å². The maximum absolute atomic E-state index is 12.9. The summed E-state index contributed by atoms with van der Waals surface area (Å²) in [6.07, 6.45) is -1.55. The maximum atomic E-state index is 12.9. The van der Waals surface area contributed by atoms with Gasteiger partial charge in [-0.1, -0.05) is 54.1 Å². The second-order valence-electron chi connectivity index (χ2n) is 5.36. The molecular formula is C18H15NO4S. The van der Waals surface area contributed by atoms with E-state index in [0.29, 0.717) is 9.69 Å². The van der Waals surface area contributed by atoms with Crippen molar-refractivity contribution in [3.63, 3.8) is 0 Å². The Morgan fingerprint density at radius 3 is 2.21 bits per heavy atom. The minimum Gasteiger partial charge on any atom is -0.464 e. The summed E-state index contributed by atoms with van der Waals surface area (Å²) in [5.74, 6) is 0. The van der Waals surface area contributed by atoms with Crippen molar-refractivity contribution in [2.24, 2.45) is 0 Å². The Hall–Kier alpha value is -2.86. The fraction of sp³-hybridized carbons (Fsp3) is 0.0556. The highest BCUT2D eigenvalue weighted by Crippen LogP contribution is 2.31. The molecule has 122 valence electrons. The van der Waals surface area contributed by atoms with E-state index in [9.17, 15) is 18.3 Å². The number of amides is 1. The number of carboxylic acid groups (broad SMARTS) is 1. The molecule has 1 N–H and O–H groups in total. The van der Waals surface area contributed by atoms with Crippen molar-refractivity contribution in [2.75, 3.05) is 4.31 Å². The molecule has 5 nitrogen and oxygen atoms in total. The summed E-state index contributed by atoms with van der Waals surface area (Å²) in [5.41, 5.74) is 1.00. The highest BCUT2D eigenvalue weighted by Gasteiger charge is 2.31. The molecule has 0 aliphatic heterocycles. The molecule has 3 rings (SSSR count). The number of hydrogen-bond donors (Lipinski definition) is 1. The molecule has 0 aliphatic carbocycles. The lowest BCUT2D eigenvalue weighted by Gasteiger charge is -2.21. The normalized spacial score (nSPS) is 11.4. The van der Waals surface area contributed by atoms with Crippen LogP contribution in [0.2, 0.25) is 0 Å². The number of nitrogens with zero attached hydrogens (tertiary/aromatic N) is 1. The Bertz CT molecular complexity index is 1010. The molecule has 0 atom stereocenters. The van der Waals surface area contributed by atoms with Crippen molar-refractivity contribution in [3.05, 3.63) is 72.3 Å². The van der Waals surface area contributed by atoms with Gasteiger partial charge < -0.3 is 5.11 Å². The summed E-state index contributed by atoms with van der Waals surface area (Å²) in [7, 11) is -4.23. The summed E-state index contributed by atoms with van der Waals surface area (Å²) in [4.78, 5) is 11.7. The van der Waals surface area contributed by atoms with Crippen LogP contribution in [0, 0.1) is 6.92 Å². The number of aryl methyl sites for hydroxylation is 1. The van der Waals surface area contributed by atoms with E-state index in [4.69, 9.17) is 0 Å². The van der Waals surface area contributed by atoms with E-state index in [0.717, 1.165) is 10.9 Å². The maximum Gasteiger partial charge on any atom is 0.426 e. The molecule has 0 heterocycles. The van der Waals surface area contributed by atoms with Gasteiger partial charge in [0.15, 0.2) is 0 Å². The zero-order valence-electron chi connectivity index (χ0n) is 12.9. The van der Waals surface area contributed by atoms with Crippen LogP contribution in [0.25, 0.3) is 10.8 Å². The van der Waals surface area contributed by atoms with Gasteiger partial charge in [0.05, 0.1) is 10.6 Å². The van der Waals surface area contributed by atoms with Crippen LogP contribution in [0.1, 0.15) is 5.56 Å². The molecule has 0 aromatic heterocycles. The Balaban J connectivity index is 2.23.